The summed E-state index contributed by atoms with van der Waals surface area (Å²) < 4.78 is 20.1. The minimum Gasteiger partial charge on any atom is -0.489 e. The second-order valence-corrected chi connectivity index (χ2v) is 10.5. The van der Waals surface area contributed by atoms with Crippen LogP contribution in [0.5, 0.6) is 5.75 Å². The van der Waals surface area contributed by atoms with Crippen LogP contribution in [0.25, 0.3) is 0 Å². The molecule has 0 bridgehead atoms. The van der Waals surface area contributed by atoms with E-state index in [-0.39, 0.29) is 11.6 Å². The number of fused-ring (bicyclic) bond motifs is 2. The molecule has 5 rings (SSSR count). The van der Waals surface area contributed by atoms with Crippen molar-refractivity contribution >= 4 is 11.5 Å². The summed E-state index contributed by atoms with van der Waals surface area (Å²) in [6.45, 7) is 6.23. The quantitative estimate of drug-likeness (QED) is 0.396. The van der Waals surface area contributed by atoms with E-state index in [0.29, 0.717) is 36.2 Å². The van der Waals surface area contributed by atoms with Crippen LogP contribution in [-0.4, -0.2) is 37.4 Å². The van der Waals surface area contributed by atoms with E-state index in [9.17, 15) is 9.18 Å². The number of para-hydroxylation sites is 1. The van der Waals surface area contributed by atoms with E-state index in [1.54, 1.807) is 12.1 Å². The van der Waals surface area contributed by atoms with E-state index in [0.717, 1.165) is 31.7 Å². The van der Waals surface area contributed by atoms with Gasteiger partial charge in [-0.15, -0.1) is 0 Å². The topological polar surface area (TPSA) is 32.8 Å². The summed E-state index contributed by atoms with van der Waals surface area (Å²) in [5, 5.41) is 0. The van der Waals surface area contributed by atoms with Gasteiger partial charge in [-0.3, -0.25) is 4.90 Å². The van der Waals surface area contributed by atoms with Gasteiger partial charge in [0, 0.05) is 43.7 Å². The summed E-state index contributed by atoms with van der Waals surface area (Å²) in [6.07, 6.45) is 3.17. The molecule has 36 heavy (non-hydrogen) atoms. The van der Waals surface area contributed by atoms with Crippen molar-refractivity contribution in [3.05, 3.63) is 94.8 Å². The summed E-state index contributed by atoms with van der Waals surface area (Å²) in [7, 11) is 2.22. The average Bonchev–Trinajstić information content (AvgIpc) is 3.15. The van der Waals surface area contributed by atoms with Crippen molar-refractivity contribution in [2.24, 2.45) is 0 Å². The molecule has 0 aliphatic carbocycles. The molecule has 2 heterocycles. The Labute approximate surface area is 213 Å². The van der Waals surface area contributed by atoms with Gasteiger partial charge in [0.05, 0.1) is 0 Å². The first kappa shape index (κ1) is 24.5. The Morgan fingerprint density at radius 3 is 2.44 bits per heavy atom. The molecule has 1 saturated heterocycles. The molecule has 0 amide bonds. The number of halogens is 1. The second-order valence-electron chi connectivity index (χ2n) is 10.5. The average molecular weight is 487 g/mol. The molecule has 2 aliphatic heterocycles. The van der Waals surface area contributed by atoms with Crippen molar-refractivity contribution in [3.8, 4) is 5.75 Å². The van der Waals surface area contributed by atoms with E-state index in [1.807, 2.05) is 0 Å². The zero-order valence-corrected chi connectivity index (χ0v) is 21.3. The van der Waals surface area contributed by atoms with Crippen LogP contribution in [0.2, 0.25) is 0 Å². The number of carbonyl (C=O) groups is 1. The normalized spacial score (nSPS) is 16.8. The van der Waals surface area contributed by atoms with Gasteiger partial charge in [-0.1, -0.05) is 48.5 Å². The van der Waals surface area contributed by atoms with Crippen molar-refractivity contribution in [2.75, 3.05) is 31.6 Å². The summed E-state index contributed by atoms with van der Waals surface area (Å²) in [6, 6.07) is 22.3. The number of anilines is 1. The van der Waals surface area contributed by atoms with Gasteiger partial charge in [0.1, 0.15) is 24.0 Å². The molecular weight excluding hydrogens is 451 g/mol. The fourth-order valence-electron chi connectivity index (χ4n) is 5.74. The van der Waals surface area contributed by atoms with Crippen LogP contribution in [0.1, 0.15) is 48.4 Å². The van der Waals surface area contributed by atoms with Crippen molar-refractivity contribution < 1.29 is 13.9 Å². The molecule has 1 spiro atoms. The fraction of sp³-hybridized carbons (Fsp3) is 0.387. The third-order valence-electron chi connectivity index (χ3n) is 7.85. The molecule has 0 unspecified atom stereocenters. The molecule has 3 aromatic carbocycles. The SMILES string of the molecule is CC(=O)CCc1ccc(OCc2ccc(CN3CCC4(CC3)CN(C)c3ccccc34)cc2)cc1F. The third kappa shape index (κ3) is 5.31. The highest BCUT2D eigenvalue weighted by Gasteiger charge is 2.43. The standard InChI is InChI=1S/C31H35FN2O2/c1-23(35)7-12-26-13-14-27(19-29(26)32)36-21-25-10-8-24(9-11-25)20-34-17-15-31(16-18-34)22-33(2)30-6-4-3-5-28(30)31/h3-6,8-11,13-14,19H,7,12,15-18,20-22H2,1-2H3. The maximum absolute atomic E-state index is 14.3. The van der Waals surface area contributed by atoms with Crippen molar-refractivity contribution in [1.82, 2.24) is 4.90 Å². The first-order chi connectivity index (χ1) is 17.4. The Morgan fingerprint density at radius 2 is 1.72 bits per heavy atom. The van der Waals surface area contributed by atoms with Gasteiger partial charge < -0.3 is 14.4 Å². The molecule has 188 valence electrons. The summed E-state index contributed by atoms with van der Waals surface area (Å²) in [4.78, 5) is 16.1. The molecule has 2 aliphatic rings. The van der Waals surface area contributed by atoms with Crippen molar-refractivity contribution in [3.63, 3.8) is 0 Å². The maximum Gasteiger partial charge on any atom is 0.130 e. The number of rotatable bonds is 8. The number of ether oxygens (including phenoxy) is 1. The highest BCUT2D eigenvalue weighted by molar-refractivity contribution is 5.75. The number of nitrogens with zero attached hydrogens (tertiary/aromatic N) is 2. The van der Waals surface area contributed by atoms with E-state index >= 15 is 0 Å². The number of benzene rings is 3. The van der Waals surface area contributed by atoms with Crippen LogP contribution in [-0.2, 0) is 29.8 Å². The Kier molecular flexibility index (Phi) is 7.10. The van der Waals surface area contributed by atoms with E-state index < -0.39 is 0 Å². The van der Waals surface area contributed by atoms with Gasteiger partial charge in [0.15, 0.2) is 0 Å². The van der Waals surface area contributed by atoms with Gasteiger partial charge >= 0.3 is 0 Å². The molecule has 0 atom stereocenters. The molecule has 4 nitrogen and oxygen atoms in total. The van der Waals surface area contributed by atoms with Gasteiger partial charge in [0.25, 0.3) is 0 Å². The van der Waals surface area contributed by atoms with Crippen LogP contribution in [0.4, 0.5) is 10.1 Å². The second kappa shape index (κ2) is 10.4. The van der Waals surface area contributed by atoms with Crippen molar-refractivity contribution in [1.29, 1.82) is 0 Å². The van der Waals surface area contributed by atoms with Crippen LogP contribution >= 0.6 is 0 Å². The van der Waals surface area contributed by atoms with E-state index in [2.05, 4.69) is 65.4 Å². The maximum atomic E-state index is 14.3. The minimum absolute atomic E-state index is 0.0646. The number of likely N-dealkylation sites (tertiary alicyclic amines) is 1. The lowest BCUT2D eigenvalue weighted by Crippen LogP contribution is -2.44. The number of aryl methyl sites for hydroxylation is 1. The Morgan fingerprint density at radius 1 is 1.00 bits per heavy atom. The number of likely N-dealkylation sites (N-methyl/N-ethyl adjacent to an activating group) is 1. The third-order valence-corrected chi connectivity index (χ3v) is 7.85. The summed E-state index contributed by atoms with van der Waals surface area (Å²) in [5.74, 6) is 0.250. The number of carbonyl (C=O) groups excluding carboxylic acids is 1. The minimum atomic E-state index is -0.319. The molecule has 1 fully saturated rings. The van der Waals surface area contributed by atoms with Crippen LogP contribution < -0.4 is 9.64 Å². The molecule has 0 aromatic heterocycles. The Balaban J connectivity index is 1.12. The van der Waals surface area contributed by atoms with Crippen LogP contribution in [0.3, 0.4) is 0 Å². The zero-order chi connectivity index (χ0) is 25.1. The first-order valence-electron chi connectivity index (χ1n) is 12.9. The van der Waals surface area contributed by atoms with Gasteiger partial charge in [-0.05, 0) is 73.7 Å². The lowest BCUT2D eigenvalue weighted by molar-refractivity contribution is -0.116. The predicted molar refractivity (Wildman–Crippen MR) is 142 cm³/mol. The number of piperidine rings is 1. The number of Topliss-reactive ketones (excluding diaryl/α,β-unsaturated/α-hetero) is 1. The monoisotopic (exact) mass is 486 g/mol. The first-order valence-corrected chi connectivity index (χ1v) is 12.9. The Bertz CT molecular complexity index is 1220. The highest BCUT2D eigenvalue weighted by atomic mass is 19.1. The van der Waals surface area contributed by atoms with Crippen LogP contribution in [0, 0.1) is 5.82 Å². The van der Waals surface area contributed by atoms with Gasteiger partial charge in [-0.25, -0.2) is 4.39 Å². The predicted octanol–water partition coefficient (Wildman–Crippen LogP) is 5.91. The smallest absolute Gasteiger partial charge is 0.130 e. The van der Waals surface area contributed by atoms with Crippen molar-refractivity contribution in [2.45, 2.75) is 51.2 Å². The van der Waals surface area contributed by atoms with E-state index in [1.165, 1.54) is 42.6 Å². The molecule has 0 saturated carbocycles. The van der Waals surface area contributed by atoms with Crippen LogP contribution in [0.15, 0.2) is 66.7 Å². The van der Waals surface area contributed by atoms with E-state index in [4.69, 9.17) is 4.74 Å². The lowest BCUT2D eigenvalue weighted by atomic mass is 9.74. The molecule has 3 aromatic rings. The molecule has 0 N–H and O–H groups in total. The molecule has 0 radical (unpaired) electrons. The Hall–Kier alpha value is -3.18. The van der Waals surface area contributed by atoms with Gasteiger partial charge in [0.2, 0.25) is 0 Å². The summed E-state index contributed by atoms with van der Waals surface area (Å²) in [5.41, 5.74) is 6.14. The highest BCUT2D eigenvalue weighted by Crippen LogP contribution is 2.46. The zero-order valence-electron chi connectivity index (χ0n) is 21.3. The number of hydrogen-bond acceptors (Lipinski definition) is 4. The largest absolute Gasteiger partial charge is 0.489 e. The molecular formula is C31H35FN2O2. The van der Waals surface area contributed by atoms with Gasteiger partial charge in [-0.2, -0.15) is 0 Å². The fourth-order valence-corrected chi connectivity index (χ4v) is 5.74. The summed E-state index contributed by atoms with van der Waals surface area (Å²) >= 11 is 0. The number of hydrogen-bond donors (Lipinski definition) is 0. The number of ketones is 1. The lowest BCUT2D eigenvalue weighted by Gasteiger charge is -2.40. The molecule has 5 heteroatoms.